The number of benzene rings is 1. The molecule has 0 saturated heterocycles. The highest BCUT2D eigenvalue weighted by molar-refractivity contribution is 9.11. The molecule has 0 radical (unpaired) electrons. The predicted octanol–water partition coefficient (Wildman–Crippen LogP) is 4.22. The number of rotatable bonds is 3. The van der Waals surface area contributed by atoms with E-state index in [1.54, 1.807) is 18.2 Å². The number of aromatic carboxylic acids is 1. The van der Waals surface area contributed by atoms with Crippen LogP contribution >= 0.6 is 43.2 Å². The van der Waals surface area contributed by atoms with Gasteiger partial charge in [-0.15, -0.1) is 11.3 Å². The molecule has 0 spiro atoms. The van der Waals surface area contributed by atoms with Gasteiger partial charge >= 0.3 is 5.97 Å². The number of thiophene rings is 1. The van der Waals surface area contributed by atoms with Gasteiger partial charge in [0.2, 0.25) is 0 Å². The van der Waals surface area contributed by atoms with Crippen molar-refractivity contribution in [1.29, 1.82) is 0 Å². The Morgan fingerprint density at radius 1 is 1.16 bits per heavy atom. The molecule has 0 fully saturated rings. The molecule has 1 aromatic carbocycles. The third-order valence-corrected chi connectivity index (χ3v) is 4.28. The number of nitrogens with one attached hydrogen (secondary N) is 1. The second kappa shape index (κ2) is 5.85. The van der Waals surface area contributed by atoms with E-state index in [-0.39, 0.29) is 11.5 Å². The van der Waals surface area contributed by atoms with E-state index >= 15 is 0 Å². The molecule has 0 saturated carbocycles. The normalized spacial score (nSPS) is 10.2. The van der Waals surface area contributed by atoms with Crippen molar-refractivity contribution in [3.05, 3.63) is 49.0 Å². The molecule has 98 valence electrons. The van der Waals surface area contributed by atoms with Gasteiger partial charge in [0, 0.05) is 10.2 Å². The Labute approximate surface area is 129 Å². The first-order valence-corrected chi connectivity index (χ1v) is 7.46. The largest absolute Gasteiger partial charge is 0.478 e. The number of hydrogen-bond acceptors (Lipinski definition) is 3. The first-order valence-electron chi connectivity index (χ1n) is 5.06. The molecule has 4 nitrogen and oxygen atoms in total. The quantitative estimate of drug-likeness (QED) is 0.804. The van der Waals surface area contributed by atoms with Gasteiger partial charge in [-0.25, -0.2) is 4.79 Å². The van der Waals surface area contributed by atoms with Crippen molar-refractivity contribution >= 4 is 60.8 Å². The maximum atomic E-state index is 11.9. The Bertz CT molecular complexity index is 654. The molecule has 0 unspecified atom stereocenters. The van der Waals surface area contributed by atoms with Gasteiger partial charge in [-0.1, -0.05) is 15.9 Å². The third kappa shape index (κ3) is 3.65. The number of carboxylic acids is 1. The molecular weight excluding hydrogens is 398 g/mol. The standard InChI is InChI=1S/C12H7Br2NO3S/c13-7-3-6(12(17)18)4-8(5-7)15-11(16)9-1-2-10(14)19-9/h1-5H,(H,15,16)(H,17,18). The Morgan fingerprint density at radius 3 is 2.47 bits per heavy atom. The molecule has 2 aromatic rings. The van der Waals surface area contributed by atoms with Crippen molar-refractivity contribution in [3.63, 3.8) is 0 Å². The van der Waals surface area contributed by atoms with Crippen LogP contribution in [0.1, 0.15) is 20.0 Å². The van der Waals surface area contributed by atoms with Gasteiger partial charge in [0.05, 0.1) is 14.2 Å². The van der Waals surface area contributed by atoms with Crippen LogP contribution < -0.4 is 5.32 Å². The Kier molecular flexibility index (Phi) is 4.38. The summed E-state index contributed by atoms with van der Waals surface area (Å²) in [7, 11) is 0. The van der Waals surface area contributed by atoms with Crippen LogP contribution in [0.5, 0.6) is 0 Å². The molecule has 7 heteroatoms. The summed E-state index contributed by atoms with van der Waals surface area (Å²) in [6.45, 7) is 0. The number of halogens is 2. The van der Waals surface area contributed by atoms with Gasteiger partial charge in [-0.2, -0.15) is 0 Å². The van der Waals surface area contributed by atoms with Crippen molar-refractivity contribution in [3.8, 4) is 0 Å². The highest BCUT2D eigenvalue weighted by Crippen LogP contribution is 2.24. The number of amides is 1. The lowest BCUT2D eigenvalue weighted by Gasteiger charge is -2.05. The van der Waals surface area contributed by atoms with Crippen LogP contribution in [0.15, 0.2) is 38.6 Å². The maximum absolute atomic E-state index is 11.9. The fourth-order valence-electron chi connectivity index (χ4n) is 1.41. The van der Waals surface area contributed by atoms with E-state index in [2.05, 4.69) is 37.2 Å². The lowest BCUT2D eigenvalue weighted by atomic mass is 10.2. The predicted molar refractivity (Wildman–Crippen MR) is 81.1 cm³/mol. The van der Waals surface area contributed by atoms with Gasteiger partial charge in [0.1, 0.15) is 0 Å². The second-order valence-corrected chi connectivity index (χ2v) is 6.97. The minimum atomic E-state index is -1.05. The lowest BCUT2D eigenvalue weighted by Crippen LogP contribution is -2.10. The minimum Gasteiger partial charge on any atom is -0.478 e. The van der Waals surface area contributed by atoms with Crippen LogP contribution in [-0.4, -0.2) is 17.0 Å². The summed E-state index contributed by atoms with van der Waals surface area (Å²) in [5.41, 5.74) is 0.540. The Hall–Kier alpha value is -1.18. The van der Waals surface area contributed by atoms with Crippen LogP contribution in [0, 0.1) is 0 Å². The SMILES string of the molecule is O=C(O)c1cc(Br)cc(NC(=O)c2ccc(Br)s2)c1. The summed E-state index contributed by atoms with van der Waals surface area (Å²) in [6, 6.07) is 8.00. The first-order chi connectivity index (χ1) is 8.95. The van der Waals surface area contributed by atoms with Crippen molar-refractivity contribution in [2.45, 2.75) is 0 Å². The smallest absolute Gasteiger partial charge is 0.335 e. The maximum Gasteiger partial charge on any atom is 0.335 e. The number of carboxylic acid groups (broad SMARTS) is 1. The van der Waals surface area contributed by atoms with Crippen molar-refractivity contribution in [2.75, 3.05) is 5.32 Å². The molecule has 1 aromatic heterocycles. The zero-order valence-corrected chi connectivity index (χ0v) is 13.3. The Balaban J connectivity index is 2.23. The third-order valence-electron chi connectivity index (χ3n) is 2.20. The van der Waals surface area contributed by atoms with Crippen LogP contribution in [0.25, 0.3) is 0 Å². The van der Waals surface area contributed by atoms with Crippen LogP contribution in [0.4, 0.5) is 5.69 Å². The van der Waals surface area contributed by atoms with E-state index in [0.29, 0.717) is 15.0 Å². The molecule has 1 heterocycles. The monoisotopic (exact) mass is 403 g/mol. The van der Waals surface area contributed by atoms with Crippen molar-refractivity contribution in [2.24, 2.45) is 0 Å². The summed E-state index contributed by atoms with van der Waals surface area (Å²) in [5.74, 6) is -1.32. The van der Waals surface area contributed by atoms with E-state index in [9.17, 15) is 9.59 Å². The summed E-state index contributed by atoms with van der Waals surface area (Å²) in [6.07, 6.45) is 0. The van der Waals surface area contributed by atoms with Gasteiger partial charge in [0.25, 0.3) is 5.91 Å². The molecule has 0 bridgehead atoms. The van der Waals surface area contributed by atoms with E-state index in [4.69, 9.17) is 5.11 Å². The average Bonchev–Trinajstić information content (AvgIpc) is 2.75. The van der Waals surface area contributed by atoms with E-state index < -0.39 is 5.97 Å². The molecule has 19 heavy (non-hydrogen) atoms. The molecule has 2 N–H and O–H groups in total. The van der Waals surface area contributed by atoms with Gasteiger partial charge < -0.3 is 10.4 Å². The number of anilines is 1. The van der Waals surface area contributed by atoms with Crippen molar-refractivity contribution < 1.29 is 14.7 Å². The fraction of sp³-hybridized carbons (Fsp3) is 0. The zero-order chi connectivity index (χ0) is 14.0. The average molecular weight is 405 g/mol. The second-order valence-electron chi connectivity index (χ2n) is 3.59. The minimum absolute atomic E-state index is 0.108. The Morgan fingerprint density at radius 2 is 1.89 bits per heavy atom. The molecule has 0 aliphatic carbocycles. The summed E-state index contributed by atoms with van der Waals surface area (Å²) < 4.78 is 1.45. The molecule has 0 aliphatic heterocycles. The van der Waals surface area contributed by atoms with E-state index in [0.717, 1.165) is 3.79 Å². The topological polar surface area (TPSA) is 66.4 Å². The molecule has 0 atom stereocenters. The highest BCUT2D eigenvalue weighted by Gasteiger charge is 2.11. The van der Waals surface area contributed by atoms with Gasteiger partial charge in [-0.3, -0.25) is 4.79 Å². The molecule has 1 amide bonds. The van der Waals surface area contributed by atoms with Crippen LogP contribution in [0.3, 0.4) is 0 Å². The summed E-state index contributed by atoms with van der Waals surface area (Å²) >= 11 is 7.80. The molecule has 2 rings (SSSR count). The zero-order valence-electron chi connectivity index (χ0n) is 9.31. The van der Waals surface area contributed by atoms with Gasteiger partial charge in [0.15, 0.2) is 0 Å². The van der Waals surface area contributed by atoms with Crippen LogP contribution in [-0.2, 0) is 0 Å². The number of carbonyl (C=O) groups is 2. The molecule has 0 aliphatic rings. The number of carbonyl (C=O) groups excluding carboxylic acids is 1. The molecular formula is C12H7Br2NO3S. The van der Waals surface area contributed by atoms with Crippen molar-refractivity contribution in [1.82, 2.24) is 0 Å². The van der Waals surface area contributed by atoms with Crippen LogP contribution in [0.2, 0.25) is 0 Å². The summed E-state index contributed by atoms with van der Waals surface area (Å²) in [5, 5.41) is 11.6. The van der Waals surface area contributed by atoms with E-state index in [1.165, 1.54) is 23.5 Å². The summed E-state index contributed by atoms with van der Waals surface area (Å²) in [4.78, 5) is 23.4. The fourth-order valence-corrected chi connectivity index (χ4v) is 3.19. The van der Waals surface area contributed by atoms with E-state index in [1.807, 2.05) is 0 Å². The lowest BCUT2D eigenvalue weighted by molar-refractivity contribution is 0.0696. The number of hydrogen-bond donors (Lipinski definition) is 2. The highest BCUT2D eigenvalue weighted by atomic mass is 79.9. The first kappa shape index (κ1) is 14.2. The van der Waals surface area contributed by atoms with Gasteiger partial charge in [-0.05, 0) is 46.3 Å².